The third-order valence-electron chi connectivity index (χ3n) is 3.30. The van der Waals surface area contributed by atoms with Gasteiger partial charge in [-0.1, -0.05) is 17.8 Å². The van der Waals surface area contributed by atoms with Crippen molar-refractivity contribution in [2.75, 3.05) is 19.4 Å². The molecule has 24 heavy (non-hydrogen) atoms. The minimum absolute atomic E-state index is 0.140. The largest absolute Gasteiger partial charge is 0.469 e. The Hall–Kier alpha value is -2.28. The van der Waals surface area contributed by atoms with Gasteiger partial charge in [-0.05, 0) is 37.1 Å². The maximum atomic E-state index is 11.8. The van der Waals surface area contributed by atoms with Crippen molar-refractivity contribution in [2.45, 2.75) is 25.4 Å². The normalized spacial score (nSPS) is 10.5. The van der Waals surface area contributed by atoms with Crippen molar-refractivity contribution < 1.29 is 14.3 Å². The number of carbonyl (C=O) groups excluding carboxylic acids is 2. The summed E-state index contributed by atoms with van der Waals surface area (Å²) in [7, 11) is 1.33. The number of rotatable bonds is 7. The molecule has 0 bridgehead atoms. The van der Waals surface area contributed by atoms with Gasteiger partial charge < -0.3 is 10.1 Å². The predicted molar refractivity (Wildman–Crippen MR) is 93.4 cm³/mol. The van der Waals surface area contributed by atoms with E-state index in [0.717, 1.165) is 10.8 Å². The first-order valence-corrected chi connectivity index (χ1v) is 8.56. The summed E-state index contributed by atoms with van der Waals surface area (Å²) in [6.07, 6.45) is 3.77. The number of hydrogen-bond donors (Lipinski definition) is 1. The molecular formula is C17H21N3O3S. The zero-order valence-corrected chi connectivity index (χ0v) is 14.9. The number of nitrogens with zero attached hydrogens (tertiary/aromatic N) is 2. The van der Waals surface area contributed by atoms with E-state index < -0.39 is 0 Å². The minimum atomic E-state index is -0.340. The van der Waals surface area contributed by atoms with Gasteiger partial charge in [-0.15, -0.1) is 0 Å². The van der Waals surface area contributed by atoms with E-state index in [1.165, 1.54) is 30.0 Å². The fraction of sp³-hybridized carbons (Fsp3) is 0.353. The molecule has 0 aliphatic rings. The number of nitrogens with one attached hydrogen (secondary N) is 1. The van der Waals surface area contributed by atoms with Gasteiger partial charge in [0, 0.05) is 24.6 Å². The van der Waals surface area contributed by atoms with Crippen molar-refractivity contribution in [3.63, 3.8) is 0 Å². The van der Waals surface area contributed by atoms with Crippen LogP contribution in [0.5, 0.6) is 0 Å². The average Bonchev–Trinajstić information content (AvgIpc) is 3.00. The zero-order valence-electron chi connectivity index (χ0n) is 14.0. The van der Waals surface area contributed by atoms with Crippen molar-refractivity contribution in [1.29, 1.82) is 0 Å². The lowest BCUT2D eigenvalue weighted by atomic mass is 10.1. The molecule has 2 aromatic rings. The molecule has 0 spiro atoms. The number of amides is 1. The number of aryl methyl sites for hydroxylation is 2. The lowest BCUT2D eigenvalue weighted by Crippen LogP contribution is -2.27. The molecule has 1 amide bonds. The number of aromatic nitrogens is 2. The highest BCUT2D eigenvalue weighted by atomic mass is 32.2. The summed E-state index contributed by atoms with van der Waals surface area (Å²) in [5, 5.41) is 3.44. The third-order valence-corrected chi connectivity index (χ3v) is 4.27. The topological polar surface area (TPSA) is 73.2 Å². The summed E-state index contributed by atoms with van der Waals surface area (Å²) in [6.45, 7) is 4.38. The SMILES string of the molecule is COC(=O)CCNC(=O)CSc1nccn1-c1cc(C)cc(C)c1. The number of imidazole rings is 1. The summed E-state index contributed by atoms with van der Waals surface area (Å²) >= 11 is 1.36. The Labute approximate surface area is 145 Å². The van der Waals surface area contributed by atoms with Gasteiger partial charge in [-0.2, -0.15) is 0 Å². The lowest BCUT2D eigenvalue weighted by Gasteiger charge is -2.10. The van der Waals surface area contributed by atoms with E-state index in [-0.39, 0.29) is 30.6 Å². The molecule has 0 unspecified atom stereocenters. The Morgan fingerprint density at radius 2 is 1.96 bits per heavy atom. The van der Waals surface area contributed by atoms with Crippen molar-refractivity contribution in [2.24, 2.45) is 0 Å². The molecule has 6 nitrogen and oxygen atoms in total. The van der Waals surface area contributed by atoms with Gasteiger partial charge >= 0.3 is 5.97 Å². The lowest BCUT2D eigenvalue weighted by molar-refractivity contribution is -0.140. The molecule has 7 heteroatoms. The van der Waals surface area contributed by atoms with Gasteiger partial charge in [-0.25, -0.2) is 4.98 Å². The molecule has 0 atom stereocenters. The minimum Gasteiger partial charge on any atom is -0.469 e. The zero-order chi connectivity index (χ0) is 17.5. The van der Waals surface area contributed by atoms with Crippen LogP contribution in [-0.2, 0) is 14.3 Å². The van der Waals surface area contributed by atoms with E-state index in [2.05, 4.69) is 47.1 Å². The Morgan fingerprint density at radius 3 is 2.62 bits per heavy atom. The van der Waals surface area contributed by atoms with Crippen molar-refractivity contribution in [1.82, 2.24) is 14.9 Å². The van der Waals surface area contributed by atoms with Crippen molar-refractivity contribution >= 4 is 23.6 Å². The molecule has 1 heterocycles. The Kier molecular flexibility index (Phi) is 6.43. The Bertz CT molecular complexity index is 707. The monoisotopic (exact) mass is 347 g/mol. The van der Waals surface area contributed by atoms with Crippen LogP contribution in [0.25, 0.3) is 5.69 Å². The molecule has 1 N–H and O–H groups in total. The number of benzene rings is 1. The first-order valence-electron chi connectivity index (χ1n) is 7.58. The highest BCUT2D eigenvalue weighted by molar-refractivity contribution is 7.99. The second-order valence-electron chi connectivity index (χ2n) is 5.39. The second kappa shape index (κ2) is 8.54. The second-order valence-corrected chi connectivity index (χ2v) is 6.33. The third kappa shape index (κ3) is 5.13. The maximum absolute atomic E-state index is 11.8. The molecule has 0 saturated carbocycles. The van der Waals surface area contributed by atoms with Gasteiger partial charge in [0.1, 0.15) is 0 Å². The number of carbonyl (C=O) groups is 2. The van der Waals surface area contributed by atoms with Crippen LogP contribution in [0.15, 0.2) is 35.7 Å². The van der Waals surface area contributed by atoms with Crippen LogP contribution in [-0.4, -0.2) is 40.8 Å². The molecule has 128 valence electrons. The summed E-state index contributed by atoms with van der Waals surface area (Å²) in [5.41, 5.74) is 3.38. The highest BCUT2D eigenvalue weighted by Gasteiger charge is 2.10. The van der Waals surface area contributed by atoms with Crippen LogP contribution in [0.3, 0.4) is 0 Å². The average molecular weight is 347 g/mol. The molecule has 0 radical (unpaired) electrons. The van der Waals surface area contributed by atoms with Crippen LogP contribution in [0.2, 0.25) is 0 Å². The molecule has 0 saturated heterocycles. The van der Waals surface area contributed by atoms with Crippen LogP contribution in [0, 0.1) is 13.8 Å². The summed E-state index contributed by atoms with van der Waals surface area (Å²) < 4.78 is 6.49. The van der Waals surface area contributed by atoms with Gasteiger partial charge in [0.05, 0.1) is 19.3 Å². The van der Waals surface area contributed by atoms with E-state index in [4.69, 9.17) is 0 Å². The number of ether oxygens (including phenoxy) is 1. The quantitative estimate of drug-likeness (QED) is 0.614. The molecule has 0 aliphatic heterocycles. The molecular weight excluding hydrogens is 326 g/mol. The van der Waals surface area contributed by atoms with Crippen molar-refractivity contribution in [3.8, 4) is 5.69 Å². The Balaban J connectivity index is 1.94. The van der Waals surface area contributed by atoms with Gasteiger partial charge in [-0.3, -0.25) is 14.2 Å². The van der Waals surface area contributed by atoms with Crippen LogP contribution in [0.4, 0.5) is 0 Å². The fourth-order valence-electron chi connectivity index (χ4n) is 2.27. The van der Waals surface area contributed by atoms with E-state index in [9.17, 15) is 9.59 Å². The van der Waals surface area contributed by atoms with E-state index in [1.54, 1.807) is 6.20 Å². The summed E-state index contributed by atoms with van der Waals surface area (Å²) in [6, 6.07) is 6.27. The molecule has 0 fully saturated rings. The number of hydrogen-bond acceptors (Lipinski definition) is 5. The number of esters is 1. The molecule has 2 rings (SSSR count). The predicted octanol–water partition coefficient (Wildman–Crippen LogP) is 2.26. The first-order chi connectivity index (χ1) is 11.5. The summed E-state index contributed by atoms with van der Waals surface area (Å²) in [4.78, 5) is 27.2. The molecule has 1 aromatic carbocycles. The molecule has 1 aromatic heterocycles. The fourth-order valence-corrected chi connectivity index (χ4v) is 3.07. The maximum Gasteiger partial charge on any atom is 0.307 e. The highest BCUT2D eigenvalue weighted by Crippen LogP contribution is 2.22. The van der Waals surface area contributed by atoms with Crippen LogP contribution in [0.1, 0.15) is 17.5 Å². The Morgan fingerprint density at radius 1 is 1.25 bits per heavy atom. The first kappa shape index (κ1) is 18.1. The number of thioether (sulfide) groups is 1. The van der Waals surface area contributed by atoms with Crippen LogP contribution >= 0.6 is 11.8 Å². The van der Waals surface area contributed by atoms with E-state index in [0.29, 0.717) is 0 Å². The smallest absolute Gasteiger partial charge is 0.307 e. The number of methoxy groups -OCH3 is 1. The van der Waals surface area contributed by atoms with Crippen molar-refractivity contribution in [3.05, 3.63) is 41.7 Å². The van der Waals surface area contributed by atoms with Gasteiger partial charge in [0.2, 0.25) is 5.91 Å². The van der Waals surface area contributed by atoms with Crippen LogP contribution < -0.4 is 5.32 Å². The van der Waals surface area contributed by atoms with Gasteiger partial charge in [0.15, 0.2) is 5.16 Å². The van der Waals surface area contributed by atoms with Gasteiger partial charge in [0.25, 0.3) is 0 Å². The standard InChI is InChI=1S/C17H21N3O3S/c1-12-8-13(2)10-14(9-12)20-7-6-19-17(20)24-11-15(21)18-5-4-16(22)23-3/h6-10H,4-5,11H2,1-3H3,(H,18,21). The molecule has 0 aliphatic carbocycles. The van der Waals surface area contributed by atoms with E-state index in [1.807, 2.05) is 10.8 Å². The summed E-state index contributed by atoms with van der Waals surface area (Å²) in [5.74, 6) is -0.240. The van der Waals surface area contributed by atoms with E-state index >= 15 is 0 Å².